The lowest BCUT2D eigenvalue weighted by atomic mass is 10.1. The predicted molar refractivity (Wildman–Crippen MR) is 128 cm³/mol. The summed E-state index contributed by atoms with van der Waals surface area (Å²) in [5, 5.41) is 13.1. The van der Waals surface area contributed by atoms with Crippen LogP contribution in [-0.4, -0.2) is 68.1 Å². The molecule has 3 heterocycles. The summed E-state index contributed by atoms with van der Waals surface area (Å²) in [5.74, 6) is -1.31. The Morgan fingerprint density at radius 2 is 2.11 bits per heavy atom. The summed E-state index contributed by atoms with van der Waals surface area (Å²) in [6, 6.07) is 3.95. The Kier molecular flexibility index (Phi) is 7.65. The van der Waals surface area contributed by atoms with E-state index in [0.717, 1.165) is 8.87 Å². The zero-order valence-electron chi connectivity index (χ0n) is 19.1. The van der Waals surface area contributed by atoms with E-state index in [2.05, 4.69) is 31.4 Å². The van der Waals surface area contributed by atoms with Crippen LogP contribution in [0.3, 0.4) is 0 Å². The van der Waals surface area contributed by atoms with Crippen molar-refractivity contribution in [1.29, 1.82) is 0 Å². The van der Waals surface area contributed by atoms with Gasteiger partial charge in [0.25, 0.3) is 11.3 Å². The van der Waals surface area contributed by atoms with Gasteiger partial charge in [-0.3, -0.25) is 9.08 Å². The Bertz CT molecular complexity index is 1360. The number of benzene rings is 1. The van der Waals surface area contributed by atoms with Crippen molar-refractivity contribution in [3.63, 3.8) is 0 Å². The highest BCUT2D eigenvalue weighted by molar-refractivity contribution is 9.10. The Labute approximate surface area is 218 Å². The number of hydroxylamine groups is 2. The van der Waals surface area contributed by atoms with E-state index < -0.39 is 34.5 Å². The van der Waals surface area contributed by atoms with E-state index in [1.807, 2.05) is 0 Å². The maximum atomic E-state index is 13.7. The van der Waals surface area contributed by atoms with Gasteiger partial charge in [0.15, 0.2) is 10.7 Å². The van der Waals surface area contributed by atoms with Crippen LogP contribution in [0.15, 0.2) is 41.6 Å². The van der Waals surface area contributed by atoms with Gasteiger partial charge in [0, 0.05) is 18.3 Å². The summed E-state index contributed by atoms with van der Waals surface area (Å²) in [4.78, 5) is 30.1. The van der Waals surface area contributed by atoms with Crippen molar-refractivity contribution in [2.24, 2.45) is 0 Å². The van der Waals surface area contributed by atoms with Crippen LogP contribution in [0.5, 0.6) is 0 Å². The number of carbonyl (C=O) groups is 1. The smallest absolute Gasteiger partial charge is 0.350 e. The van der Waals surface area contributed by atoms with E-state index in [-0.39, 0.29) is 33.5 Å². The topological polar surface area (TPSA) is 157 Å². The molecule has 36 heavy (non-hydrogen) atoms. The molecule has 1 N–H and O–H groups in total. The fraction of sp³-hybridized carbons (Fsp3) is 0.421. The molecule has 4 rings (SSSR count). The van der Waals surface area contributed by atoms with Gasteiger partial charge in [0.1, 0.15) is 5.82 Å². The van der Waals surface area contributed by atoms with Crippen LogP contribution in [0.4, 0.5) is 9.18 Å². The van der Waals surface area contributed by atoms with Gasteiger partial charge in [-0.05, 0) is 71.6 Å². The second-order valence-electron chi connectivity index (χ2n) is 8.59. The number of amides is 1. The molecule has 2 atom stereocenters. The number of halogens is 2. The molecular weight excluding hydrogens is 587 g/mol. The van der Waals surface area contributed by atoms with Crippen molar-refractivity contribution in [3.8, 4) is 17.2 Å². The molecule has 1 unspecified atom stereocenters. The standard InChI is InChI=1S/C19H20BrFN6O7S2/c1-19(2,3)27(36(30)31)18(29)33-25-7-6-11(9-25)35-16-14(22-34-24-16)15-23-32-17(28)26(15)10-4-5-13(21)12(20)8-10/h4-5,8,11H,6-7,9H2,1-3H3,(H,30,31)/t11-/m0/s1. The Morgan fingerprint density at radius 3 is 2.78 bits per heavy atom. The van der Waals surface area contributed by atoms with E-state index in [1.54, 1.807) is 20.8 Å². The number of hydrogen-bond donors (Lipinski definition) is 1. The Balaban J connectivity index is 1.49. The summed E-state index contributed by atoms with van der Waals surface area (Å²) in [5.41, 5.74) is -0.511. The van der Waals surface area contributed by atoms with E-state index >= 15 is 0 Å². The average molecular weight is 607 g/mol. The van der Waals surface area contributed by atoms with E-state index in [9.17, 15) is 22.7 Å². The molecule has 13 nitrogen and oxygen atoms in total. The third-order valence-electron chi connectivity index (χ3n) is 4.96. The summed E-state index contributed by atoms with van der Waals surface area (Å²) in [7, 11) is 0. The first-order valence-electron chi connectivity index (χ1n) is 10.4. The quantitative estimate of drug-likeness (QED) is 0.409. The molecule has 17 heteroatoms. The molecule has 1 aliphatic heterocycles. The number of aromatic nitrogens is 4. The summed E-state index contributed by atoms with van der Waals surface area (Å²) < 4.78 is 46.4. The highest BCUT2D eigenvalue weighted by atomic mass is 79.9. The molecule has 3 aromatic rings. The minimum absolute atomic E-state index is 0.00906. The molecule has 1 amide bonds. The largest absolute Gasteiger partial charge is 0.446 e. The maximum absolute atomic E-state index is 13.7. The lowest BCUT2D eigenvalue weighted by molar-refractivity contribution is -0.0921. The lowest BCUT2D eigenvalue weighted by Crippen LogP contribution is -2.48. The molecule has 0 aliphatic carbocycles. The highest BCUT2D eigenvalue weighted by Crippen LogP contribution is 2.35. The van der Waals surface area contributed by atoms with Crippen molar-refractivity contribution in [2.45, 2.75) is 43.0 Å². The van der Waals surface area contributed by atoms with Crippen LogP contribution in [0.1, 0.15) is 27.2 Å². The second-order valence-corrected chi connectivity index (χ2v) is 11.6. The first kappa shape index (κ1) is 26.5. The molecule has 1 fully saturated rings. The van der Waals surface area contributed by atoms with Gasteiger partial charge >= 0.3 is 11.8 Å². The third-order valence-corrected chi connectivity index (χ3v) is 7.79. The second kappa shape index (κ2) is 10.4. The van der Waals surface area contributed by atoms with Gasteiger partial charge in [-0.25, -0.2) is 27.4 Å². The van der Waals surface area contributed by atoms with Crippen molar-refractivity contribution in [2.75, 3.05) is 13.1 Å². The van der Waals surface area contributed by atoms with Gasteiger partial charge in [-0.15, -0.1) is 5.06 Å². The summed E-state index contributed by atoms with van der Waals surface area (Å²) >= 11 is 1.79. The average Bonchev–Trinajstić information content (AvgIpc) is 3.49. The van der Waals surface area contributed by atoms with Crippen LogP contribution in [0.25, 0.3) is 17.2 Å². The number of thioether (sulfide) groups is 1. The molecule has 2 aromatic heterocycles. The zero-order chi connectivity index (χ0) is 26.2. The molecule has 0 bridgehead atoms. The van der Waals surface area contributed by atoms with Gasteiger partial charge < -0.3 is 4.84 Å². The van der Waals surface area contributed by atoms with Crippen LogP contribution in [0.2, 0.25) is 0 Å². The molecule has 1 aromatic carbocycles. The van der Waals surface area contributed by atoms with E-state index in [4.69, 9.17) is 14.0 Å². The summed E-state index contributed by atoms with van der Waals surface area (Å²) in [6.45, 7) is 5.49. The number of nitrogens with zero attached hydrogens (tertiary/aromatic N) is 6. The van der Waals surface area contributed by atoms with Crippen molar-refractivity contribution >= 4 is 45.1 Å². The number of carbonyl (C=O) groups excluding carboxylic acids is 1. The van der Waals surface area contributed by atoms with Crippen LogP contribution in [-0.2, 0) is 16.1 Å². The fourth-order valence-corrected chi connectivity index (χ4v) is 5.49. The highest BCUT2D eigenvalue weighted by Gasteiger charge is 2.36. The minimum atomic E-state index is -2.55. The monoisotopic (exact) mass is 606 g/mol. The first-order valence-corrected chi connectivity index (χ1v) is 13.1. The fourth-order valence-electron chi connectivity index (χ4n) is 3.40. The van der Waals surface area contributed by atoms with E-state index in [1.165, 1.54) is 35.0 Å². The SMILES string of the molecule is CC(C)(C)N(C(=O)ON1CC[C@H](Sc2nonc2-c2noc(=O)n2-c2ccc(F)c(Br)c2)C1)S(=O)O. The Hall–Kier alpha value is -2.60. The molecule has 0 radical (unpaired) electrons. The van der Waals surface area contributed by atoms with Crippen LogP contribution >= 0.6 is 27.7 Å². The van der Waals surface area contributed by atoms with Gasteiger partial charge in [-0.2, -0.15) is 4.31 Å². The molecular formula is C19H20BrFN6O7S2. The lowest BCUT2D eigenvalue weighted by Gasteiger charge is -2.31. The first-order chi connectivity index (χ1) is 17.0. The van der Waals surface area contributed by atoms with Gasteiger partial charge in [0.2, 0.25) is 5.82 Å². The molecule has 1 aliphatic rings. The minimum Gasteiger partial charge on any atom is -0.350 e. The van der Waals surface area contributed by atoms with Crippen molar-refractivity contribution in [1.82, 2.24) is 29.4 Å². The maximum Gasteiger partial charge on any atom is 0.446 e. The van der Waals surface area contributed by atoms with Crippen LogP contribution < -0.4 is 5.76 Å². The zero-order valence-corrected chi connectivity index (χ0v) is 22.3. The van der Waals surface area contributed by atoms with Gasteiger partial charge in [0.05, 0.1) is 15.7 Å². The molecule has 1 saturated heterocycles. The van der Waals surface area contributed by atoms with E-state index in [0.29, 0.717) is 18.0 Å². The molecule has 0 spiro atoms. The molecule has 194 valence electrons. The Morgan fingerprint density at radius 1 is 1.36 bits per heavy atom. The van der Waals surface area contributed by atoms with Crippen molar-refractivity contribution in [3.05, 3.63) is 39.0 Å². The normalized spacial score (nSPS) is 17.3. The molecule has 0 saturated carbocycles. The number of rotatable bonds is 6. The third kappa shape index (κ3) is 5.54. The number of hydrogen-bond acceptors (Lipinski definition) is 11. The van der Waals surface area contributed by atoms with Crippen molar-refractivity contribution < 1.29 is 31.9 Å². The van der Waals surface area contributed by atoms with Crippen LogP contribution in [0, 0.1) is 5.82 Å². The summed E-state index contributed by atoms with van der Waals surface area (Å²) in [6.07, 6.45) is -0.367. The van der Waals surface area contributed by atoms with Gasteiger partial charge in [-0.1, -0.05) is 16.9 Å². The predicted octanol–water partition coefficient (Wildman–Crippen LogP) is 3.23.